The average molecular weight is 389 g/mol. The van der Waals surface area contributed by atoms with Gasteiger partial charge in [0.15, 0.2) is 5.69 Å². The van der Waals surface area contributed by atoms with Gasteiger partial charge >= 0.3 is 5.97 Å². The summed E-state index contributed by atoms with van der Waals surface area (Å²) in [6, 6.07) is 6.04. The maximum absolute atomic E-state index is 11.5. The molecule has 0 unspecified atom stereocenters. The molecule has 142 valence electrons. The zero-order valence-electron chi connectivity index (χ0n) is 15.3. The molecule has 1 aliphatic rings. The highest BCUT2D eigenvalue weighted by atomic mass is 35.5. The van der Waals surface area contributed by atoms with Gasteiger partial charge in [-0.1, -0.05) is 16.8 Å². The fourth-order valence-electron chi connectivity index (χ4n) is 3.56. The summed E-state index contributed by atoms with van der Waals surface area (Å²) in [7, 11) is 3.38. The smallest absolute Gasteiger partial charge is 0.360 e. The van der Waals surface area contributed by atoms with Crippen LogP contribution in [0.2, 0.25) is 5.02 Å². The fraction of sp³-hybridized carbons (Fsp3) is 0.444. The molecule has 1 fully saturated rings. The normalized spacial score (nSPS) is 16.1. The van der Waals surface area contributed by atoms with Gasteiger partial charge in [0.1, 0.15) is 5.82 Å². The number of fused-ring (bicyclic) bond motifs is 1. The number of ether oxygens (including phenoxy) is 1. The summed E-state index contributed by atoms with van der Waals surface area (Å²) in [6.45, 7) is 2.66. The highest BCUT2D eigenvalue weighted by Gasteiger charge is 2.24. The number of nitrogens with zero attached hydrogens (tertiary/aromatic N) is 6. The number of aromatic nitrogens is 5. The zero-order chi connectivity index (χ0) is 19.0. The Labute approximate surface area is 161 Å². The summed E-state index contributed by atoms with van der Waals surface area (Å²) in [5.41, 5.74) is 2.26. The average Bonchev–Trinajstić information content (AvgIpc) is 3.27. The van der Waals surface area contributed by atoms with E-state index in [0.29, 0.717) is 5.02 Å². The van der Waals surface area contributed by atoms with E-state index in [1.54, 1.807) is 10.9 Å². The summed E-state index contributed by atoms with van der Waals surface area (Å²) in [5, 5.41) is 8.68. The largest absolute Gasteiger partial charge is 0.464 e. The van der Waals surface area contributed by atoms with Gasteiger partial charge in [0.2, 0.25) is 0 Å². The molecule has 0 aliphatic carbocycles. The minimum absolute atomic E-state index is 0.242. The molecule has 27 heavy (non-hydrogen) atoms. The third-order valence-electron chi connectivity index (χ3n) is 5.14. The van der Waals surface area contributed by atoms with Crippen molar-refractivity contribution in [2.24, 2.45) is 7.05 Å². The molecule has 3 aromatic rings. The van der Waals surface area contributed by atoms with Gasteiger partial charge < -0.3 is 9.30 Å². The zero-order valence-corrected chi connectivity index (χ0v) is 16.1. The molecular weight excluding hydrogens is 368 g/mol. The van der Waals surface area contributed by atoms with Gasteiger partial charge in [-0.3, -0.25) is 4.90 Å². The molecule has 8 nitrogen and oxygen atoms in total. The van der Waals surface area contributed by atoms with E-state index in [1.807, 2.05) is 25.2 Å². The van der Waals surface area contributed by atoms with Crippen molar-refractivity contribution in [2.75, 3.05) is 20.2 Å². The maximum Gasteiger partial charge on any atom is 0.360 e. The summed E-state index contributed by atoms with van der Waals surface area (Å²) in [4.78, 5) is 18.6. The van der Waals surface area contributed by atoms with Crippen LogP contribution in [0.1, 0.15) is 35.2 Å². The summed E-state index contributed by atoms with van der Waals surface area (Å²) in [6.07, 6.45) is 3.56. The van der Waals surface area contributed by atoms with Crippen LogP contribution in [0, 0.1) is 0 Å². The third-order valence-corrected chi connectivity index (χ3v) is 5.37. The van der Waals surface area contributed by atoms with E-state index >= 15 is 0 Å². The molecule has 1 aromatic carbocycles. The first-order valence-electron chi connectivity index (χ1n) is 8.88. The van der Waals surface area contributed by atoms with Crippen LogP contribution in [0.5, 0.6) is 0 Å². The maximum atomic E-state index is 11.5. The van der Waals surface area contributed by atoms with Crippen molar-refractivity contribution in [2.45, 2.75) is 25.4 Å². The number of aryl methyl sites for hydroxylation is 1. The van der Waals surface area contributed by atoms with Gasteiger partial charge in [0, 0.05) is 25.2 Å². The monoisotopic (exact) mass is 388 g/mol. The molecular formula is C18H21ClN6O2. The molecule has 1 saturated heterocycles. The van der Waals surface area contributed by atoms with Gasteiger partial charge in [-0.25, -0.2) is 14.5 Å². The van der Waals surface area contributed by atoms with E-state index < -0.39 is 5.97 Å². The lowest BCUT2D eigenvalue weighted by Gasteiger charge is -2.31. The van der Waals surface area contributed by atoms with Gasteiger partial charge in [-0.2, -0.15) is 0 Å². The number of carbonyl (C=O) groups excluding carboxylic acids is 1. The van der Waals surface area contributed by atoms with Crippen LogP contribution in [-0.4, -0.2) is 55.6 Å². The summed E-state index contributed by atoms with van der Waals surface area (Å²) >= 11 is 6.07. The second-order valence-electron chi connectivity index (χ2n) is 6.80. The number of carbonyl (C=O) groups is 1. The van der Waals surface area contributed by atoms with Crippen LogP contribution < -0.4 is 0 Å². The van der Waals surface area contributed by atoms with E-state index in [0.717, 1.165) is 49.3 Å². The van der Waals surface area contributed by atoms with E-state index in [2.05, 4.69) is 24.5 Å². The predicted molar refractivity (Wildman–Crippen MR) is 101 cm³/mol. The number of likely N-dealkylation sites (tertiary alicyclic amines) is 1. The molecule has 0 bridgehead atoms. The number of esters is 1. The number of benzene rings is 1. The van der Waals surface area contributed by atoms with Crippen LogP contribution in [-0.2, 0) is 18.3 Å². The Bertz CT molecular complexity index is 974. The Morgan fingerprint density at radius 3 is 2.85 bits per heavy atom. The quantitative estimate of drug-likeness (QED) is 0.639. The molecule has 0 atom stereocenters. The van der Waals surface area contributed by atoms with Crippen molar-refractivity contribution in [3.8, 4) is 0 Å². The van der Waals surface area contributed by atoms with E-state index in [9.17, 15) is 4.79 Å². The lowest BCUT2D eigenvalue weighted by atomic mass is 10.1. The number of methoxy groups -OCH3 is 1. The first kappa shape index (κ1) is 17.9. The Kier molecular flexibility index (Phi) is 4.84. The second-order valence-corrected chi connectivity index (χ2v) is 7.24. The first-order valence-corrected chi connectivity index (χ1v) is 9.26. The number of hydrogen-bond acceptors (Lipinski definition) is 6. The van der Waals surface area contributed by atoms with E-state index in [-0.39, 0.29) is 11.7 Å². The SMILES string of the molecule is COC(=O)c1cn(C2CCN(Cc3nc4cc(Cl)ccc4n3C)CC2)nn1. The molecule has 0 N–H and O–H groups in total. The standard InChI is InChI=1S/C18H21ClN6O2/c1-23-16-4-3-12(19)9-14(16)20-17(23)11-24-7-5-13(6-8-24)25-10-15(21-22-25)18(26)27-2/h3-4,9-10,13H,5-8,11H2,1-2H3. The Morgan fingerprint density at radius 2 is 2.11 bits per heavy atom. The van der Waals surface area contributed by atoms with Crippen LogP contribution >= 0.6 is 11.6 Å². The minimum atomic E-state index is -0.458. The van der Waals surface area contributed by atoms with Crippen LogP contribution in [0.25, 0.3) is 11.0 Å². The van der Waals surface area contributed by atoms with Gasteiger partial charge in [0.05, 0.1) is 36.9 Å². The number of imidazole rings is 1. The minimum Gasteiger partial charge on any atom is -0.464 e. The van der Waals surface area contributed by atoms with Crippen LogP contribution in [0.3, 0.4) is 0 Å². The molecule has 2 aromatic heterocycles. The van der Waals surface area contributed by atoms with E-state index in [1.165, 1.54) is 7.11 Å². The summed E-state index contributed by atoms with van der Waals surface area (Å²) in [5.74, 6) is 0.570. The molecule has 9 heteroatoms. The molecule has 1 aliphatic heterocycles. The first-order chi connectivity index (χ1) is 13.0. The van der Waals surface area contributed by atoms with Crippen LogP contribution in [0.15, 0.2) is 24.4 Å². The van der Waals surface area contributed by atoms with Crippen molar-refractivity contribution < 1.29 is 9.53 Å². The fourth-order valence-corrected chi connectivity index (χ4v) is 3.73. The van der Waals surface area contributed by atoms with Crippen molar-refractivity contribution in [1.82, 2.24) is 29.4 Å². The Hall–Kier alpha value is -2.45. The highest BCUT2D eigenvalue weighted by Crippen LogP contribution is 2.24. The number of hydrogen-bond donors (Lipinski definition) is 0. The number of halogens is 1. The molecule has 0 spiro atoms. The van der Waals surface area contributed by atoms with E-state index in [4.69, 9.17) is 16.6 Å². The number of rotatable bonds is 4. The topological polar surface area (TPSA) is 78.1 Å². The summed E-state index contributed by atoms with van der Waals surface area (Å²) < 4.78 is 8.58. The molecule has 0 saturated carbocycles. The van der Waals surface area contributed by atoms with Gasteiger partial charge in [-0.05, 0) is 31.0 Å². The molecule has 0 radical (unpaired) electrons. The van der Waals surface area contributed by atoms with Crippen molar-refractivity contribution in [1.29, 1.82) is 0 Å². The third kappa shape index (κ3) is 3.54. The molecule has 4 rings (SSSR count). The lowest BCUT2D eigenvalue weighted by molar-refractivity contribution is 0.0594. The number of piperidine rings is 1. The van der Waals surface area contributed by atoms with Crippen molar-refractivity contribution >= 4 is 28.6 Å². The predicted octanol–water partition coefficient (Wildman–Crippen LogP) is 2.44. The molecule has 3 heterocycles. The van der Waals surface area contributed by atoms with Gasteiger partial charge in [0.25, 0.3) is 0 Å². The Morgan fingerprint density at radius 1 is 1.33 bits per heavy atom. The molecule has 0 amide bonds. The Balaban J connectivity index is 1.40. The second kappa shape index (κ2) is 7.28. The highest BCUT2D eigenvalue weighted by molar-refractivity contribution is 6.31. The van der Waals surface area contributed by atoms with Crippen molar-refractivity contribution in [3.63, 3.8) is 0 Å². The lowest BCUT2D eigenvalue weighted by Crippen LogP contribution is -2.35. The van der Waals surface area contributed by atoms with Gasteiger partial charge in [-0.15, -0.1) is 5.10 Å². The van der Waals surface area contributed by atoms with Crippen molar-refractivity contribution in [3.05, 3.63) is 40.9 Å². The van der Waals surface area contributed by atoms with Crippen LogP contribution in [0.4, 0.5) is 0 Å².